The predicted molar refractivity (Wildman–Crippen MR) is 104 cm³/mol. The van der Waals surface area contributed by atoms with Gasteiger partial charge in [-0.15, -0.1) is 0 Å². The van der Waals surface area contributed by atoms with Gasteiger partial charge >= 0.3 is 0 Å². The third-order valence-corrected chi connectivity index (χ3v) is 3.94. The number of aryl methyl sites for hydroxylation is 1. The third kappa shape index (κ3) is 5.48. The zero-order chi connectivity index (χ0) is 18.9. The smallest absolute Gasteiger partial charge is 0.246 e. The molecule has 5 nitrogen and oxygen atoms in total. The van der Waals surface area contributed by atoms with Crippen LogP contribution in [0.15, 0.2) is 54.6 Å². The fraction of sp³-hybridized carbons (Fsp3) is 0.238. The molecule has 2 aromatic carbocycles. The molecule has 136 valence electrons. The van der Waals surface area contributed by atoms with Crippen LogP contribution in [0.25, 0.3) is 6.08 Å². The molecule has 0 spiro atoms. The van der Waals surface area contributed by atoms with Gasteiger partial charge in [0.25, 0.3) is 0 Å². The molecule has 0 radical (unpaired) electrons. The van der Waals surface area contributed by atoms with E-state index < -0.39 is 0 Å². The Morgan fingerprint density at radius 3 is 2.65 bits per heavy atom. The first-order chi connectivity index (χ1) is 12.5. The monoisotopic (exact) mass is 352 g/mol. The van der Waals surface area contributed by atoms with E-state index in [0.29, 0.717) is 0 Å². The van der Waals surface area contributed by atoms with Crippen LogP contribution < -0.4 is 10.1 Å². The molecule has 2 aromatic rings. The van der Waals surface area contributed by atoms with E-state index in [9.17, 15) is 9.59 Å². The quantitative estimate of drug-likeness (QED) is 0.777. The molecule has 0 bridgehead atoms. The van der Waals surface area contributed by atoms with E-state index in [1.807, 2.05) is 55.5 Å². The summed E-state index contributed by atoms with van der Waals surface area (Å²) in [6.07, 6.45) is 3.97. The number of hydrogen-bond acceptors (Lipinski definition) is 3. The highest BCUT2D eigenvalue weighted by Gasteiger charge is 2.12. The van der Waals surface area contributed by atoms with Gasteiger partial charge < -0.3 is 15.0 Å². The molecule has 0 aromatic heterocycles. The first kappa shape index (κ1) is 19.2. The molecule has 0 unspecified atom stereocenters. The SMILES string of the molecule is CCc1ccccc1NC(=O)CN(C)C(=O)/C=C/c1cccc(OC)c1. The second-order valence-electron chi connectivity index (χ2n) is 5.86. The van der Waals surface area contributed by atoms with Crippen LogP contribution >= 0.6 is 0 Å². The van der Waals surface area contributed by atoms with Gasteiger partial charge in [-0.25, -0.2) is 0 Å². The minimum Gasteiger partial charge on any atom is -0.497 e. The van der Waals surface area contributed by atoms with Crippen LogP contribution in [0.2, 0.25) is 0 Å². The van der Waals surface area contributed by atoms with E-state index in [4.69, 9.17) is 4.74 Å². The second kappa shape index (κ2) is 9.42. The molecule has 0 heterocycles. The lowest BCUT2D eigenvalue weighted by Crippen LogP contribution is -2.34. The third-order valence-electron chi connectivity index (χ3n) is 3.94. The van der Waals surface area contributed by atoms with Crippen LogP contribution in [-0.4, -0.2) is 37.4 Å². The Balaban J connectivity index is 1.93. The number of likely N-dealkylation sites (N-methyl/N-ethyl adjacent to an activating group) is 1. The number of carbonyl (C=O) groups is 2. The number of carbonyl (C=O) groups excluding carboxylic acids is 2. The Hall–Kier alpha value is -3.08. The van der Waals surface area contributed by atoms with Crippen molar-refractivity contribution in [1.82, 2.24) is 4.90 Å². The Bertz CT molecular complexity index is 799. The van der Waals surface area contributed by atoms with Crippen LogP contribution in [0.5, 0.6) is 5.75 Å². The first-order valence-electron chi connectivity index (χ1n) is 8.48. The van der Waals surface area contributed by atoms with Crippen molar-refractivity contribution < 1.29 is 14.3 Å². The Kier molecular flexibility index (Phi) is 6.97. The molecular weight excluding hydrogens is 328 g/mol. The normalized spacial score (nSPS) is 10.6. The maximum absolute atomic E-state index is 12.2. The number of rotatable bonds is 7. The van der Waals surface area contributed by atoms with Crippen LogP contribution in [0, 0.1) is 0 Å². The number of amides is 2. The summed E-state index contributed by atoms with van der Waals surface area (Å²) >= 11 is 0. The number of para-hydroxylation sites is 1. The van der Waals surface area contributed by atoms with Crippen molar-refractivity contribution in [1.29, 1.82) is 0 Å². The average molecular weight is 352 g/mol. The topological polar surface area (TPSA) is 58.6 Å². The summed E-state index contributed by atoms with van der Waals surface area (Å²) < 4.78 is 5.16. The second-order valence-corrected chi connectivity index (χ2v) is 5.86. The molecule has 5 heteroatoms. The van der Waals surface area contributed by atoms with Gasteiger partial charge in [-0.3, -0.25) is 9.59 Å². The molecule has 0 aliphatic carbocycles. The molecule has 26 heavy (non-hydrogen) atoms. The molecule has 2 amide bonds. The van der Waals surface area contributed by atoms with Crippen molar-refractivity contribution >= 4 is 23.6 Å². The van der Waals surface area contributed by atoms with Gasteiger partial charge in [-0.2, -0.15) is 0 Å². The van der Waals surface area contributed by atoms with E-state index in [-0.39, 0.29) is 18.4 Å². The first-order valence-corrected chi connectivity index (χ1v) is 8.48. The summed E-state index contributed by atoms with van der Waals surface area (Å²) in [5.41, 5.74) is 2.70. The minimum atomic E-state index is -0.244. The van der Waals surface area contributed by atoms with Gasteiger partial charge in [0.05, 0.1) is 13.7 Å². The van der Waals surface area contributed by atoms with E-state index in [0.717, 1.165) is 29.0 Å². The van der Waals surface area contributed by atoms with Gasteiger partial charge in [-0.1, -0.05) is 37.3 Å². The predicted octanol–water partition coefficient (Wildman–Crippen LogP) is 3.37. The minimum absolute atomic E-state index is 0.0146. The summed E-state index contributed by atoms with van der Waals surface area (Å²) in [6, 6.07) is 15.0. The number of nitrogens with zero attached hydrogens (tertiary/aromatic N) is 1. The van der Waals surface area contributed by atoms with Crippen LogP contribution in [0.1, 0.15) is 18.1 Å². The van der Waals surface area contributed by atoms with E-state index in [1.165, 1.54) is 11.0 Å². The average Bonchev–Trinajstić information content (AvgIpc) is 2.66. The van der Waals surface area contributed by atoms with Crippen molar-refractivity contribution in [3.8, 4) is 5.75 Å². The summed E-state index contributed by atoms with van der Waals surface area (Å²) in [5, 5.41) is 2.86. The standard InChI is InChI=1S/C21H24N2O3/c1-4-17-9-5-6-11-19(17)22-20(24)15-23(2)21(25)13-12-16-8-7-10-18(14-16)26-3/h5-14H,4,15H2,1-3H3,(H,22,24)/b13-12+. The van der Waals surface area contributed by atoms with Gasteiger partial charge in [-0.05, 0) is 41.8 Å². The molecule has 0 fully saturated rings. The number of hydrogen-bond donors (Lipinski definition) is 1. The zero-order valence-corrected chi connectivity index (χ0v) is 15.4. The lowest BCUT2D eigenvalue weighted by molar-refractivity contribution is -0.129. The number of benzene rings is 2. The van der Waals surface area contributed by atoms with Crippen molar-refractivity contribution in [3.63, 3.8) is 0 Å². The summed E-state index contributed by atoms with van der Waals surface area (Å²) in [7, 11) is 3.20. The Labute approximate surface area is 154 Å². The molecule has 0 atom stereocenters. The summed E-state index contributed by atoms with van der Waals surface area (Å²) in [5.74, 6) is 0.255. The fourth-order valence-corrected chi connectivity index (χ4v) is 2.47. The Morgan fingerprint density at radius 2 is 1.92 bits per heavy atom. The number of anilines is 1. The molecule has 2 rings (SSSR count). The molecule has 0 saturated heterocycles. The van der Waals surface area contributed by atoms with E-state index >= 15 is 0 Å². The summed E-state index contributed by atoms with van der Waals surface area (Å²) in [4.78, 5) is 25.8. The highest BCUT2D eigenvalue weighted by molar-refractivity contribution is 5.98. The lowest BCUT2D eigenvalue weighted by Gasteiger charge is -2.16. The zero-order valence-electron chi connectivity index (χ0n) is 15.4. The maximum atomic E-state index is 12.2. The van der Waals surface area contributed by atoms with Gasteiger partial charge in [0.15, 0.2) is 0 Å². The van der Waals surface area contributed by atoms with Crippen LogP contribution in [0.4, 0.5) is 5.69 Å². The number of nitrogens with one attached hydrogen (secondary N) is 1. The van der Waals surface area contributed by atoms with Crippen LogP contribution in [-0.2, 0) is 16.0 Å². The number of methoxy groups -OCH3 is 1. The largest absolute Gasteiger partial charge is 0.497 e. The van der Waals surface area contributed by atoms with Crippen molar-refractivity contribution in [3.05, 3.63) is 65.7 Å². The van der Waals surface area contributed by atoms with Gasteiger partial charge in [0.2, 0.25) is 11.8 Å². The van der Waals surface area contributed by atoms with Gasteiger partial charge in [0.1, 0.15) is 5.75 Å². The molecule has 0 saturated carbocycles. The lowest BCUT2D eigenvalue weighted by atomic mass is 10.1. The highest BCUT2D eigenvalue weighted by Crippen LogP contribution is 2.15. The van der Waals surface area contributed by atoms with Crippen molar-refractivity contribution in [2.45, 2.75) is 13.3 Å². The molecule has 0 aliphatic rings. The molecular formula is C21H24N2O3. The number of ether oxygens (including phenoxy) is 1. The highest BCUT2D eigenvalue weighted by atomic mass is 16.5. The van der Waals surface area contributed by atoms with Crippen LogP contribution in [0.3, 0.4) is 0 Å². The van der Waals surface area contributed by atoms with Crippen molar-refractivity contribution in [2.75, 3.05) is 26.0 Å². The Morgan fingerprint density at radius 1 is 1.15 bits per heavy atom. The summed E-state index contributed by atoms with van der Waals surface area (Å²) in [6.45, 7) is 2.02. The van der Waals surface area contributed by atoms with E-state index in [2.05, 4.69) is 5.32 Å². The fourth-order valence-electron chi connectivity index (χ4n) is 2.47. The van der Waals surface area contributed by atoms with Crippen molar-refractivity contribution in [2.24, 2.45) is 0 Å². The molecule has 0 aliphatic heterocycles. The molecule has 1 N–H and O–H groups in total. The maximum Gasteiger partial charge on any atom is 0.246 e. The van der Waals surface area contributed by atoms with E-state index in [1.54, 1.807) is 20.2 Å². The van der Waals surface area contributed by atoms with Gasteiger partial charge in [0, 0.05) is 18.8 Å².